The SMILES string of the molecule is COc1cc(NC(C(=O)c2c[nH]c3cc(C)ccc23)c2ccc(F)cc2C)cc(S(C)(=O)=O)c1. The molecular formula is C26H25FN2O4S. The molecule has 4 rings (SSSR count). The van der Waals surface area contributed by atoms with E-state index in [-0.39, 0.29) is 10.7 Å². The number of ether oxygens (including phenoxy) is 1. The Morgan fingerprint density at radius 2 is 1.82 bits per heavy atom. The highest BCUT2D eigenvalue weighted by Crippen LogP contribution is 2.32. The zero-order valence-electron chi connectivity index (χ0n) is 19.3. The molecule has 1 unspecified atom stereocenters. The second-order valence-electron chi connectivity index (χ2n) is 8.36. The first-order valence-electron chi connectivity index (χ1n) is 10.6. The van der Waals surface area contributed by atoms with Crippen LogP contribution in [0, 0.1) is 19.7 Å². The lowest BCUT2D eigenvalue weighted by Crippen LogP contribution is -2.22. The van der Waals surface area contributed by atoms with Gasteiger partial charge in [0.2, 0.25) is 0 Å². The highest BCUT2D eigenvalue weighted by Gasteiger charge is 2.27. The number of sulfone groups is 1. The second kappa shape index (κ2) is 8.95. The Kier molecular flexibility index (Phi) is 6.18. The van der Waals surface area contributed by atoms with Gasteiger partial charge in [0.05, 0.1) is 12.0 Å². The third-order valence-corrected chi connectivity index (χ3v) is 6.85. The molecule has 0 radical (unpaired) electrons. The highest BCUT2D eigenvalue weighted by atomic mass is 32.2. The largest absolute Gasteiger partial charge is 0.497 e. The van der Waals surface area contributed by atoms with Crippen LogP contribution in [-0.2, 0) is 9.84 Å². The summed E-state index contributed by atoms with van der Waals surface area (Å²) in [6, 6.07) is 13.6. The van der Waals surface area contributed by atoms with E-state index in [1.165, 1.54) is 31.4 Å². The summed E-state index contributed by atoms with van der Waals surface area (Å²) in [6.07, 6.45) is 2.76. The monoisotopic (exact) mass is 480 g/mol. The molecule has 0 aliphatic carbocycles. The van der Waals surface area contributed by atoms with Crippen LogP contribution in [0.3, 0.4) is 0 Å². The molecule has 176 valence electrons. The molecule has 4 aromatic rings. The van der Waals surface area contributed by atoms with Crippen molar-refractivity contribution in [2.75, 3.05) is 18.7 Å². The smallest absolute Gasteiger partial charge is 0.191 e. The third kappa shape index (κ3) is 4.68. The number of nitrogens with one attached hydrogen (secondary N) is 2. The Labute approximate surface area is 197 Å². The van der Waals surface area contributed by atoms with Crippen LogP contribution in [0.15, 0.2) is 65.7 Å². The first-order valence-corrected chi connectivity index (χ1v) is 12.5. The normalized spacial score (nSPS) is 12.5. The summed E-state index contributed by atoms with van der Waals surface area (Å²) in [5, 5.41) is 3.94. The Bertz CT molecular complexity index is 1510. The van der Waals surface area contributed by atoms with Crippen molar-refractivity contribution in [3.8, 4) is 5.75 Å². The molecule has 6 nitrogen and oxygen atoms in total. The van der Waals surface area contributed by atoms with Crippen LogP contribution in [0.2, 0.25) is 0 Å². The molecule has 8 heteroatoms. The zero-order chi connectivity index (χ0) is 24.6. The summed E-state index contributed by atoms with van der Waals surface area (Å²) in [5.74, 6) is -0.320. The van der Waals surface area contributed by atoms with Gasteiger partial charge in [0.1, 0.15) is 17.6 Å². The van der Waals surface area contributed by atoms with E-state index in [2.05, 4.69) is 10.3 Å². The number of aromatic nitrogens is 1. The summed E-state index contributed by atoms with van der Waals surface area (Å²) in [5.41, 5.74) is 3.92. The maximum absolute atomic E-state index is 13.9. The van der Waals surface area contributed by atoms with Crippen LogP contribution in [0.1, 0.15) is 33.1 Å². The Balaban J connectivity index is 1.85. The number of benzene rings is 3. The third-order valence-electron chi connectivity index (χ3n) is 5.76. The quantitative estimate of drug-likeness (QED) is 0.347. The Morgan fingerprint density at radius 3 is 2.50 bits per heavy atom. The minimum absolute atomic E-state index is 0.0546. The molecule has 0 spiro atoms. The maximum Gasteiger partial charge on any atom is 0.191 e. The molecule has 34 heavy (non-hydrogen) atoms. The van der Waals surface area contributed by atoms with Gasteiger partial charge in [-0.15, -0.1) is 0 Å². The van der Waals surface area contributed by atoms with Crippen molar-refractivity contribution in [3.05, 3.63) is 88.9 Å². The van der Waals surface area contributed by atoms with Gasteiger partial charge in [-0.2, -0.15) is 0 Å². The number of carbonyl (C=O) groups is 1. The van der Waals surface area contributed by atoms with Crippen molar-refractivity contribution in [1.29, 1.82) is 0 Å². The van der Waals surface area contributed by atoms with Gasteiger partial charge in [-0.05, 0) is 60.9 Å². The van der Waals surface area contributed by atoms with E-state index in [1.54, 1.807) is 25.3 Å². The van der Waals surface area contributed by atoms with Crippen LogP contribution >= 0.6 is 0 Å². The molecule has 0 bridgehead atoms. The fourth-order valence-corrected chi connectivity index (χ4v) is 4.67. The molecule has 0 saturated heterocycles. The van der Waals surface area contributed by atoms with Crippen LogP contribution < -0.4 is 10.1 Å². The fraction of sp³-hybridized carbons (Fsp3) is 0.192. The molecule has 0 fully saturated rings. The minimum atomic E-state index is -3.53. The lowest BCUT2D eigenvalue weighted by atomic mass is 9.93. The molecule has 2 N–H and O–H groups in total. The number of methoxy groups -OCH3 is 1. The molecule has 0 saturated carbocycles. The molecule has 0 amide bonds. The summed E-state index contributed by atoms with van der Waals surface area (Å²) in [7, 11) is -2.09. The summed E-state index contributed by atoms with van der Waals surface area (Å²) in [4.78, 5) is 17.1. The number of aryl methyl sites for hydroxylation is 2. The number of Topliss-reactive ketones (excluding diaryl/α,β-unsaturated/α-hetero) is 1. The number of hydrogen-bond donors (Lipinski definition) is 2. The number of rotatable bonds is 7. The van der Waals surface area contributed by atoms with E-state index >= 15 is 0 Å². The topological polar surface area (TPSA) is 88.3 Å². The lowest BCUT2D eigenvalue weighted by Gasteiger charge is -2.22. The van der Waals surface area contributed by atoms with Crippen molar-refractivity contribution in [1.82, 2.24) is 4.98 Å². The standard InChI is InChI=1S/C26H25FN2O4S/c1-15-5-7-22-23(14-28-24(22)9-15)26(30)25(21-8-6-17(27)10-16(21)2)29-18-11-19(33-3)13-20(12-18)34(4,31)32/h5-14,25,28-29H,1-4H3. The molecular weight excluding hydrogens is 455 g/mol. The molecule has 0 aliphatic heterocycles. The van der Waals surface area contributed by atoms with Crippen molar-refractivity contribution in [2.45, 2.75) is 24.8 Å². The number of H-pyrrole nitrogens is 1. The first kappa shape index (κ1) is 23.5. The van der Waals surface area contributed by atoms with Gasteiger partial charge in [-0.1, -0.05) is 18.2 Å². The van der Waals surface area contributed by atoms with E-state index in [0.717, 1.165) is 22.7 Å². The van der Waals surface area contributed by atoms with Gasteiger partial charge in [0.15, 0.2) is 15.6 Å². The van der Waals surface area contributed by atoms with Crippen molar-refractivity contribution in [2.24, 2.45) is 0 Å². The Morgan fingerprint density at radius 1 is 1.06 bits per heavy atom. The van der Waals surface area contributed by atoms with Crippen LogP contribution in [-0.4, -0.2) is 32.6 Å². The Hall–Kier alpha value is -3.65. The number of carbonyl (C=O) groups excluding carboxylic acids is 1. The summed E-state index contributed by atoms with van der Waals surface area (Å²) >= 11 is 0. The number of hydrogen-bond acceptors (Lipinski definition) is 5. The van der Waals surface area contributed by atoms with E-state index in [0.29, 0.717) is 28.1 Å². The zero-order valence-corrected chi connectivity index (χ0v) is 20.1. The van der Waals surface area contributed by atoms with Crippen LogP contribution in [0.25, 0.3) is 10.9 Å². The molecule has 1 atom stereocenters. The van der Waals surface area contributed by atoms with Gasteiger partial charge >= 0.3 is 0 Å². The predicted molar refractivity (Wildman–Crippen MR) is 131 cm³/mol. The number of anilines is 1. The van der Waals surface area contributed by atoms with E-state index in [4.69, 9.17) is 4.74 Å². The average molecular weight is 481 g/mol. The molecule has 3 aromatic carbocycles. The summed E-state index contributed by atoms with van der Waals surface area (Å²) in [6.45, 7) is 3.70. The molecule has 0 aliphatic rings. The predicted octanol–water partition coefficient (Wildman–Crippen LogP) is 5.37. The average Bonchev–Trinajstić information content (AvgIpc) is 3.19. The van der Waals surface area contributed by atoms with Gasteiger partial charge in [0, 0.05) is 40.7 Å². The number of fused-ring (bicyclic) bond motifs is 1. The maximum atomic E-state index is 13.9. The van der Waals surface area contributed by atoms with Gasteiger partial charge < -0.3 is 15.0 Å². The van der Waals surface area contributed by atoms with Gasteiger partial charge in [-0.25, -0.2) is 12.8 Å². The van der Waals surface area contributed by atoms with E-state index < -0.39 is 21.7 Å². The fourth-order valence-electron chi connectivity index (χ4n) is 4.00. The molecule has 1 aromatic heterocycles. The highest BCUT2D eigenvalue weighted by molar-refractivity contribution is 7.90. The van der Waals surface area contributed by atoms with E-state index in [1.807, 2.05) is 25.1 Å². The van der Waals surface area contributed by atoms with Crippen LogP contribution in [0.5, 0.6) is 5.75 Å². The van der Waals surface area contributed by atoms with Gasteiger partial charge in [0.25, 0.3) is 0 Å². The van der Waals surface area contributed by atoms with Crippen molar-refractivity contribution >= 4 is 32.2 Å². The second-order valence-corrected chi connectivity index (χ2v) is 10.4. The minimum Gasteiger partial charge on any atom is -0.497 e. The van der Waals surface area contributed by atoms with Crippen molar-refractivity contribution in [3.63, 3.8) is 0 Å². The first-order chi connectivity index (χ1) is 16.1. The number of ketones is 1. The van der Waals surface area contributed by atoms with Gasteiger partial charge in [-0.3, -0.25) is 4.79 Å². The number of halogens is 1. The van der Waals surface area contributed by atoms with Crippen molar-refractivity contribution < 1.29 is 22.3 Å². The van der Waals surface area contributed by atoms with E-state index in [9.17, 15) is 17.6 Å². The number of aromatic amines is 1. The molecule has 1 heterocycles. The lowest BCUT2D eigenvalue weighted by molar-refractivity contribution is 0.0971. The van der Waals surface area contributed by atoms with Crippen LogP contribution in [0.4, 0.5) is 10.1 Å². The summed E-state index contributed by atoms with van der Waals surface area (Å²) < 4.78 is 43.5.